The fraction of sp³-hybridized carbons (Fsp3) is 0.350. The molecule has 1 fully saturated rings. The van der Waals surface area contributed by atoms with Crippen LogP contribution in [0.3, 0.4) is 0 Å². The molecule has 3 rings (SSSR count). The summed E-state index contributed by atoms with van der Waals surface area (Å²) in [7, 11) is 1.58. The van der Waals surface area contributed by atoms with Crippen LogP contribution in [0.15, 0.2) is 30.3 Å². The molecule has 1 amide bonds. The van der Waals surface area contributed by atoms with Gasteiger partial charge in [0.1, 0.15) is 5.82 Å². The number of amides is 1. The van der Waals surface area contributed by atoms with Gasteiger partial charge < -0.3 is 25.4 Å². The summed E-state index contributed by atoms with van der Waals surface area (Å²) in [6.45, 7) is 1.75. The number of likely N-dealkylation sites (tertiary alicyclic amines) is 1. The van der Waals surface area contributed by atoms with Gasteiger partial charge in [0.2, 0.25) is 5.60 Å². The van der Waals surface area contributed by atoms with Crippen LogP contribution in [0.4, 0.5) is 24.5 Å². The lowest BCUT2D eigenvalue weighted by molar-refractivity contribution is -0.0788. The van der Waals surface area contributed by atoms with Crippen LogP contribution in [0.25, 0.3) is 0 Å². The van der Waals surface area contributed by atoms with Gasteiger partial charge in [0.05, 0.1) is 43.2 Å². The van der Waals surface area contributed by atoms with Gasteiger partial charge in [0, 0.05) is 17.2 Å². The third-order valence-electron chi connectivity index (χ3n) is 4.74. The lowest BCUT2D eigenvalue weighted by Crippen LogP contribution is -2.67. The van der Waals surface area contributed by atoms with Gasteiger partial charge in [-0.25, -0.2) is 13.2 Å². The molecule has 0 saturated carbocycles. The topological polar surface area (TPSA) is 76.5 Å². The van der Waals surface area contributed by atoms with Crippen molar-refractivity contribution in [1.29, 1.82) is 0 Å². The van der Waals surface area contributed by atoms with Crippen LogP contribution in [-0.4, -0.2) is 61.4 Å². The quantitative estimate of drug-likeness (QED) is 0.309. The van der Waals surface area contributed by atoms with E-state index in [2.05, 4.69) is 10.6 Å². The van der Waals surface area contributed by atoms with Crippen molar-refractivity contribution in [2.24, 2.45) is 0 Å². The highest BCUT2D eigenvalue weighted by Crippen LogP contribution is 2.31. The zero-order valence-corrected chi connectivity index (χ0v) is 18.4. The Hall–Kier alpha value is -1.89. The number of hydrogen-bond donors (Lipinski definition) is 2. The minimum absolute atomic E-state index is 0.0743. The van der Waals surface area contributed by atoms with Crippen LogP contribution in [0.2, 0.25) is 0 Å². The van der Waals surface area contributed by atoms with Crippen molar-refractivity contribution in [3.8, 4) is 0 Å². The van der Waals surface area contributed by atoms with E-state index in [-0.39, 0.29) is 24.3 Å². The number of nitrogens with one attached hydrogen (secondary N) is 2. The predicted molar refractivity (Wildman–Crippen MR) is 116 cm³/mol. The Morgan fingerprint density at radius 2 is 1.97 bits per heavy atom. The number of ether oxygens (including phenoxy) is 1. The molecule has 4 N–H and O–H groups in total. The number of methoxy groups -OCH3 is 1. The molecular formula is C20H22F3IN3O3+. The van der Waals surface area contributed by atoms with Gasteiger partial charge in [-0.2, -0.15) is 0 Å². The molecule has 1 heterocycles. The van der Waals surface area contributed by atoms with Crippen LogP contribution in [0.1, 0.15) is 10.4 Å². The molecular weight excluding hydrogens is 514 g/mol. The minimum Gasteiger partial charge on any atom is -0.437 e. The van der Waals surface area contributed by atoms with Gasteiger partial charge in [-0.1, -0.05) is 0 Å². The van der Waals surface area contributed by atoms with Gasteiger partial charge in [0.25, 0.3) is 5.91 Å². The van der Waals surface area contributed by atoms with Crippen molar-refractivity contribution in [1.82, 2.24) is 10.2 Å². The first-order chi connectivity index (χ1) is 14.2. The maximum atomic E-state index is 14.5. The molecule has 2 aromatic carbocycles. The SMILES string of the molecule is COCCNCC1([OH2+])CN(C(=O)c2ccc(F)c(F)c2Nc2ccc(I)cc2F)C1. The highest BCUT2D eigenvalue weighted by molar-refractivity contribution is 14.1. The third kappa shape index (κ3) is 5.05. The second-order valence-electron chi connectivity index (χ2n) is 7.14. The van der Waals surface area contributed by atoms with Crippen molar-refractivity contribution in [3.05, 3.63) is 56.9 Å². The molecule has 1 aliphatic heterocycles. The molecule has 162 valence electrons. The Bertz CT molecular complexity index is 939. The fourth-order valence-corrected chi connectivity index (χ4v) is 3.64. The summed E-state index contributed by atoms with van der Waals surface area (Å²) in [6.07, 6.45) is 0. The first kappa shape index (κ1) is 22.8. The van der Waals surface area contributed by atoms with E-state index in [4.69, 9.17) is 9.84 Å². The normalized spacial score (nSPS) is 15.1. The molecule has 6 nitrogen and oxygen atoms in total. The Morgan fingerprint density at radius 3 is 2.63 bits per heavy atom. The van der Waals surface area contributed by atoms with Crippen molar-refractivity contribution in [2.75, 3.05) is 45.2 Å². The molecule has 0 aromatic heterocycles. The number of hydrogen-bond acceptors (Lipinski definition) is 4. The fourth-order valence-electron chi connectivity index (χ4n) is 3.19. The average molecular weight is 536 g/mol. The van der Waals surface area contributed by atoms with E-state index in [9.17, 15) is 18.0 Å². The number of rotatable bonds is 8. The average Bonchev–Trinajstić information content (AvgIpc) is 2.68. The van der Waals surface area contributed by atoms with Crippen molar-refractivity contribution in [2.45, 2.75) is 5.60 Å². The van der Waals surface area contributed by atoms with Crippen LogP contribution in [-0.2, 0) is 4.74 Å². The summed E-state index contributed by atoms with van der Waals surface area (Å²) < 4.78 is 48.1. The Morgan fingerprint density at radius 1 is 1.23 bits per heavy atom. The molecule has 0 aliphatic carbocycles. The standard InChI is InChI=1S/C20H21F3IN3O3/c1-30-7-6-25-9-20(29)10-27(11-20)19(28)13-3-4-14(21)17(23)18(13)26-16-5-2-12(24)8-15(16)22/h2-5,8,25-26,29H,6-7,9-11H2,1H3/p+1. The molecule has 2 aromatic rings. The first-order valence-electron chi connectivity index (χ1n) is 9.18. The molecule has 0 atom stereocenters. The third-order valence-corrected chi connectivity index (χ3v) is 5.41. The van der Waals surface area contributed by atoms with E-state index in [1.807, 2.05) is 22.6 Å². The molecule has 0 bridgehead atoms. The Kier molecular flexibility index (Phi) is 7.22. The van der Waals surface area contributed by atoms with Gasteiger partial charge in [-0.15, -0.1) is 0 Å². The van der Waals surface area contributed by atoms with Crippen LogP contribution < -0.4 is 10.6 Å². The molecule has 0 spiro atoms. The van der Waals surface area contributed by atoms with E-state index in [0.29, 0.717) is 23.3 Å². The van der Waals surface area contributed by atoms with Crippen molar-refractivity contribution in [3.63, 3.8) is 0 Å². The van der Waals surface area contributed by atoms with E-state index in [1.54, 1.807) is 13.2 Å². The summed E-state index contributed by atoms with van der Waals surface area (Å²) in [5, 5.41) is 13.9. The van der Waals surface area contributed by atoms with E-state index in [0.717, 1.165) is 12.1 Å². The van der Waals surface area contributed by atoms with Crippen LogP contribution in [0.5, 0.6) is 0 Å². The van der Waals surface area contributed by atoms with Crippen molar-refractivity contribution >= 4 is 39.9 Å². The molecule has 10 heteroatoms. The lowest BCUT2D eigenvalue weighted by Gasteiger charge is -2.42. The number of nitrogens with zero attached hydrogens (tertiary/aromatic N) is 1. The van der Waals surface area contributed by atoms with Gasteiger partial charge >= 0.3 is 0 Å². The van der Waals surface area contributed by atoms with Gasteiger partial charge in [-0.3, -0.25) is 4.79 Å². The summed E-state index contributed by atoms with van der Waals surface area (Å²) >= 11 is 1.93. The van der Waals surface area contributed by atoms with Crippen LogP contribution >= 0.6 is 22.6 Å². The van der Waals surface area contributed by atoms with Crippen molar-refractivity contribution < 1.29 is 27.8 Å². The van der Waals surface area contributed by atoms with E-state index >= 15 is 0 Å². The molecule has 0 unspecified atom stereocenters. The van der Waals surface area contributed by atoms with E-state index < -0.39 is 34.6 Å². The molecule has 1 aliphatic rings. The van der Waals surface area contributed by atoms with E-state index in [1.165, 1.54) is 17.0 Å². The largest absolute Gasteiger partial charge is 0.437 e. The number of benzene rings is 2. The number of anilines is 2. The summed E-state index contributed by atoms with van der Waals surface area (Å²) in [5.41, 5.74) is -1.49. The second-order valence-corrected chi connectivity index (χ2v) is 8.39. The van der Waals surface area contributed by atoms with Gasteiger partial charge in [0.15, 0.2) is 11.6 Å². The summed E-state index contributed by atoms with van der Waals surface area (Å²) in [5.74, 6) is -3.62. The highest BCUT2D eigenvalue weighted by Gasteiger charge is 2.48. The lowest BCUT2D eigenvalue weighted by atomic mass is 9.92. The summed E-state index contributed by atoms with van der Waals surface area (Å²) in [6, 6.07) is 6.25. The molecule has 1 saturated heterocycles. The zero-order valence-electron chi connectivity index (χ0n) is 16.2. The number of carbonyl (C=O) groups is 1. The first-order valence-corrected chi connectivity index (χ1v) is 10.3. The maximum absolute atomic E-state index is 14.5. The summed E-state index contributed by atoms with van der Waals surface area (Å²) in [4.78, 5) is 14.3. The Labute approximate surface area is 185 Å². The second kappa shape index (κ2) is 9.50. The monoisotopic (exact) mass is 536 g/mol. The molecule has 30 heavy (non-hydrogen) atoms. The number of carbonyl (C=O) groups excluding carboxylic acids is 1. The van der Waals surface area contributed by atoms with Crippen LogP contribution in [0, 0.1) is 21.0 Å². The maximum Gasteiger partial charge on any atom is 0.256 e. The van der Waals surface area contributed by atoms with Gasteiger partial charge in [-0.05, 0) is 52.9 Å². The predicted octanol–water partition coefficient (Wildman–Crippen LogP) is 2.61. The highest BCUT2D eigenvalue weighted by atomic mass is 127. The smallest absolute Gasteiger partial charge is 0.256 e. The Balaban J connectivity index is 1.76. The molecule has 0 radical (unpaired) electrons. The number of halogens is 4. The minimum atomic E-state index is -1.27. The zero-order chi connectivity index (χ0) is 21.9.